The molecule has 1 atom stereocenters. The number of urea groups is 1. The van der Waals surface area contributed by atoms with Crippen LogP contribution in [0.4, 0.5) is 10.5 Å². The lowest BCUT2D eigenvalue weighted by Crippen LogP contribution is -2.47. The molecule has 2 aliphatic heterocycles. The Balaban J connectivity index is 1.33. The summed E-state index contributed by atoms with van der Waals surface area (Å²) >= 11 is 0. The van der Waals surface area contributed by atoms with Crippen LogP contribution in [0.3, 0.4) is 0 Å². The van der Waals surface area contributed by atoms with E-state index >= 15 is 0 Å². The van der Waals surface area contributed by atoms with E-state index in [9.17, 15) is 14.4 Å². The average molecular weight is 407 g/mol. The zero-order chi connectivity index (χ0) is 20.7. The average Bonchev–Trinajstić information content (AvgIpc) is 2.98. The van der Waals surface area contributed by atoms with Crippen LogP contribution in [0.1, 0.15) is 24.0 Å². The number of carbonyl (C=O) groups excluding carboxylic acids is 3. The first kappa shape index (κ1) is 18.5. The van der Waals surface area contributed by atoms with Crippen molar-refractivity contribution in [2.75, 3.05) is 25.1 Å². The van der Waals surface area contributed by atoms with E-state index in [1.165, 1.54) is 0 Å². The van der Waals surface area contributed by atoms with Gasteiger partial charge in [-0.05, 0) is 42.5 Å². The lowest BCUT2D eigenvalue weighted by molar-refractivity contribution is -0.134. The Bertz CT molecular complexity index is 1050. The molecule has 8 heteroatoms. The SMILES string of the molecule is O=C(CN1C(=O)NC2(CCCc3ccccc32)C1=O)Nc1ccc2c(c1)OCCO2. The molecule has 0 bridgehead atoms. The number of hydrogen-bond acceptors (Lipinski definition) is 5. The van der Waals surface area contributed by atoms with E-state index < -0.39 is 17.5 Å². The molecular formula is C22H21N3O5. The van der Waals surface area contributed by atoms with Crippen LogP contribution in [-0.4, -0.2) is 42.5 Å². The molecular weight excluding hydrogens is 386 g/mol. The van der Waals surface area contributed by atoms with Crippen molar-refractivity contribution >= 4 is 23.5 Å². The zero-order valence-corrected chi connectivity index (χ0v) is 16.3. The van der Waals surface area contributed by atoms with Crippen LogP contribution in [0, 0.1) is 0 Å². The number of imide groups is 1. The van der Waals surface area contributed by atoms with Gasteiger partial charge in [-0.15, -0.1) is 0 Å². The fourth-order valence-corrected chi connectivity index (χ4v) is 4.42. The third kappa shape index (κ3) is 2.96. The first-order chi connectivity index (χ1) is 14.6. The van der Waals surface area contributed by atoms with Gasteiger partial charge in [-0.1, -0.05) is 24.3 Å². The van der Waals surface area contributed by atoms with Crippen molar-refractivity contribution in [3.63, 3.8) is 0 Å². The molecule has 3 aliphatic rings. The smallest absolute Gasteiger partial charge is 0.325 e. The summed E-state index contributed by atoms with van der Waals surface area (Å²) in [5.74, 6) is 0.325. The van der Waals surface area contributed by atoms with Crippen molar-refractivity contribution in [1.82, 2.24) is 10.2 Å². The number of fused-ring (bicyclic) bond motifs is 3. The van der Waals surface area contributed by atoms with Gasteiger partial charge < -0.3 is 20.1 Å². The molecule has 2 aromatic carbocycles. The second-order valence-electron chi connectivity index (χ2n) is 7.64. The highest BCUT2D eigenvalue weighted by Crippen LogP contribution is 2.40. The molecule has 2 N–H and O–H groups in total. The van der Waals surface area contributed by atoms with Gasteiger partial charge in [0.1, 0.15) is 25.3 Å². The number of hydrogen-bond donors (Lipinski definition) is 2. The highest BCUT2D eigenvalue weighted by atomic mass is 16.6. The normalized spacial score (nSPS) is 21.9. The maximum atomic E-state index is 13.3. The summed E-state index contributed by atoms with van der Waals surface area (Å²) in [6.07, 6.45) is 2.18. The summed E-state index contributed by atoms with van der Waals surface area (Å²) in [5.41, 5.74) is 1.31. The van der Waals surface area contributed by atoms with Crippen LogP contribution < -0.4 is 20.1 Å². The van der Waals surface area contributed by atoms with Crippen LogP contribution in [-0.2, 0) is 21.5 Å². The van der Waals surface area contributed by atoms with E-state index in [2.05, 4.69) is 10.6 Å². The first-order valence-corrected chi connectivity index (χ1v) is 9.99. The standard InChI is InChI=1S/C22H21N3O5/c26-19(23-15-7-8-17-18(12-15)30-11-10-29-17)13-25-20(27)22(24-21(25)28)9-3-5-14-4-1-2-6-16(14)22/h1-2,4,6-8,12H,3,5,9-11,13H2,(H,23,26)(H,24,28). The zero-order valence-electron chi connectivity index (χ0n) is 16.3. The molecule has 1 aliphatic carbocycles. The van der Waals surface area contributed by atoms with E-state index in [0.717, 1.165) is 28.9 Å². The van der Waals surface area contributed by atoms with Gasteiger partial charge >= 0.3 is 6.03 Å². The molecule has 4 amide bonds. The summed E-state index contributed by atoms with van der Waals surface area (Å²) in [4.78, 5) is 39.5. The molecule has 0 aromatic heterocycles. The fourth-order valence-electron chi connectivity index (χ4n) is 4.42. The molecule has 8 nitrogen and oxygen atoms in total. The fraction of sp³-hybridized carbons (Fsp3) is 0.318. The number of nitrogens with one attached hydrogen (secondary N) is 2. The summed E-state index contributed by atoms with van der Waals surface area (Å²) in [6, 6.07) is 12.2. The van der Waals surface area contributed by atoms with Crippen molar-refractivity contribution in [2.24, 2.45) is 0 Å². The maximum absolute atomic E-state index is 13.3. The third-order valence-corrected chi connectivity index (χ3v) is 5.78. The quantitative estimate of drug-likeness (QED) is 0.761. The van der Waals surface area contributed by atoms with Crippen LogP contribution in [0.5, 0.6) is 11.5 Å². The number of anilines is 1. The van der Waals surface area contributed by atoms with E-state index in [1.54, 1.807) is 18.2 Å². The summed E-state index contributed by atoms with van der Waals surface area (Å²) in [6.45, 7) is 0.565. The van der Waals surface area contributed by atoms with Gasteiger partial charge in [-0.25, -0.2) is 4.79 Å². The monoisotopic (exact) mass is 407 g/mol. The lowest BCUT2D eigenvalue weighted by atomic mass is 9.76. The number of amides is 4. The number of aryl methyl sites for hydroxylation is 1. The van der Waals surface area contributed by atoms with Gasteiger partial charge in [0.15, 0.2) is 11.5 Å². The van der Waals surface area contributed by atoms with Crippen LogP contribution >= 0.6 is 0 Å². The number of rotatable bonds is 3. The first-order valence-electron chi connectivity index (χ1n) is 9.99. The number of benzene rings is 2. The van der Waals surface area contributed by atoms with Crippen molar-refractivity contribution in [3.8, 4) is 11.5 Å². The minimum Gasteiger partial charge on any atom is -0.486 e. The van der Waals surface area contributed by atoms with Gasteiger partial charge in [0.2, 0.25) is 5.91 Å². The second kappa shape index (κ2) is 7.05. The van der Waals surface area contributed by atoms with E-state index in [1.807, 2.05) is 24.3 Å². The molecule has 1 saturated heterocycles. The Morgan fingerprint density at radius 2 is 1.90 bits per heavy atom. The molecule has 0 radical (unpaired) electrons. The maximum Gasteiger partial charge on any atom is 0.325 e. The molecule has 1 fully saturated rings. The largest absolute Gasteiger partial charge is 0.486 e. The van der Waals surface area contributed by atoms with E-state index in [-0.39, 0.29) is 12.5 Å². The van der Waals surface area contributed by atoms with Crippen molar-refractivity contribution < 1.29 is 23.9 Å². The molecule has 2 heterocycles. The van der Waals surface area contributed by atoms with E-state index in [4.69, 9.17) is 9.47 Å². The summed E-state index contributed by atoms with van der Waals surface area (Å²) < 4.78 is 11.0. The van der Waals surface area contributed by atoms with Crippen LogP contribution in [0.2, 0.25) is 0 Å². The highest BCUT2D eigenvalue weighted by Gasteiger charge is 2.54. The van der Waals surface area contributed by atoms with E-state index in [0.29, 0.717) is 36.8 Å². The minimum absolute atomic E-state index is 0.358. The van der Waals surface area contributed by atoms with Crippen LogP contribution in [0.25, 0.3) is 0 Å². The Labute approximate surface area is 173 Å². The van der Waals surface area contributed by atoms with Gasteiger partial charge in [-0.3, -0.25) is 14.5 Å². The van der Waals surface area contributed by atoms with Gasteiger partial charge in [0.05, 0.1) is 0 Å². The molecule has 0 saturated carbocycles. The number of ether oxygens (including phenoxy) is 2. The van der Waals surface area contributed by atoms with Crippen LogP contribution in [0.15, 0.2) is 42.5 Å². The summed E-state index contributed by atoms with van der Waals surface area (Å²) in [5, 5.41) is 5.58. The Morgan fingerprint density at radius 1 is 1.10 bits per heavy atom. The van der Waals surface area contributed by atoms with Crippen molar-refractivity contribution in [1.29, 1.82) is 0 Å². The second-order valence-corrected chi connectivity index (χ2v) is 7.64. The van der Waals surface area contributed by atoms with Crippen molar-refractivity contribution in [2.45, 2.75) is 24.8 Å². The Hall–Kier alpha value is -3.55. The van der Waals surface area contributed by atoms with Gasteiger partial charge in [0, 0.05) is 11.8 Å². The predicted molar refractivity (Wildman–Crippen MR) is 107 cm³/mol. The Kier molecular flexibility index (Phi) is 4.34. The molecule has 2 aromatic rings. The van der Waals surface area contributed by atoms with Gasteiger partial charge in [0.25, 0.3) is 5.91 Å². The highest BCUT2D eigenvalue weighted by molar-refractivity contribution is 6.10. The molecule has 30 heavy (non-hydrogen) atoms. The predicted octanol–water partition coefficient (Wildman–Crippen LogP) is 2.18. The number of carbonyl (C=O) groups is 3. The molecule has 5 rings (SSSR count). The molecule has 1 spiro atoms. The topological polar surface area (TPSA) is 97.0 Å². The molecule has 154 valence electrons. The minimum atomic E-state index is -1.08. The van der Waals surface area contributed by atoms with Gasteiger partial charge in [-0.2, -0.15) is 0 Å². The molecule has 1 unspecified atom stereocenters. The lowest BCUT2D eigenvalue weighted by Gasteiger charge is -2.33. The van der Waals surface area contributed by atoms with Crippen molar-refractivity contribution in [3.05, 3.63) is 53.6 Å². The third-order valence-electron chi connectivity index (χ3n) is 5.78. The summed E-state index contributed by atoms with van der Waals surface area (Å²) in [7, 11) is 0. The number of nitrogens with zero attached hydrogens (tertiary/aromatic N) is 1. The Morgan fingerprint density at radius 3 is 2.77 bits per heavy atom.